The van der Waals surface area contributed by atoms with E-state index in [0.29, 0.717) is 12.0 Å². The number of aliphatic hydroxyl groups excluding tert-OH is 1. The van der Waals surface area contributed by atoms with Crippen molar-refractivity contribution < 1.29 is 5.11 Å². The minimum atomic E-state index is -0.442. The molecule has 2 rings (SSSR count). The highest BCUT2D eigenvalue weighted by Crippen LogP contribution is 2.30. The molecule has 1 fully saturated rings. The summed E-state index contributed by atoms with van der Waals surface area (Å²) in [5.74, 6) is 2.45. The Morgan fingerprint density at radius 1 is 1.33 bits per heavy atom. The smallest absolute Gasteiger partial charge is 0.128 e. The van der Waals surface area contributed by atoms with Crippen molar-refractivity contribution in [3.63, 3.8) is 0 Å². The maximum absolute atomic E-state index is 9.51. The van der Waals surface area contributed by atoms with Crippen molar-refractivity contribution in [1.29, 1.82) is 0 Å². The second kappa shape index (κ2) is 5.27. The summed E-state index contributed by atoms with van der Waals surface area (Å²) in [6.07, 6.45) is 2.64. The molecule has 0 spiro atoms. The average Bonchev–Trinajstić information content (AvgIpc) is 2.34. The molecule has 0 radical (unpaired) electrons. The van der Waals surface area contributed by atoms with Gasteiger partial charge in [0.05, 0.1) is 6.10 Å². The zero-order valence-corrected chi connectivity index (χ0v) is 11.8. The Hall–Kier alpha value is -1.09. The van der Waals surface area contributed by atoms with Gasteiger partial charge in [0.2, 0.25) is 0 Å². The van der Waals surface area contributed by atoms with Gasteiger partial charge in [-0.25, -0.2) is 4.98 Å². The second-order valence-electron chi connectivity index (χ2n) is 5.84. The van der Waals surface area contributed by atoms with Gasteiger partial charge in [-0.1, -0.05) is 19.9 Å². The summed E-state index contributed by atoms with van der Waals surface area (Å²) in [4.78, 5) is 6.90. The minimum absolute atomic E-state index is 0.442. The molecular formula is C15H24N2O. The average molecular weight is 248 g/mol. The van der Waals surface area contributed by atoms with E-state index >= 15 is 0 Å². The van der Waals surface area contributed by atoms with Crippen LogP contribution in [0.1, 0.15) is 45.8 Å². The summed E-state index contributed by atoms with van der Waals surface area (Å²) in [5.41, 5.74) is 0.879. The molecule has 3 heteroatoms. The van der Waals surface area contributed by atoms with E-state index in [1.807, 2.05) is 12.1 Å². The molecular weight excluding hydrogens is 224 g/mol. The number of hydrogen-bond donors (Lipinski definition) is 1. The fourth-order valence-electron chi connectivity index (χ4n) is 2.83. The Morgan fingerprint density at radius 2 is 2.06 bits per heavy atom. The van der Waals surface area contributed by atoms with Crippen LogP contribution in [0.4, 0.5) is 5.82 Å². The van der Waals surface area contributed by atoms with Gasteiger partial charge in [-0.05, 0) is 43.7 Å². The minimum Gasteiger partial charge on any atom is -0.389 e. The Kier molecular flexibility index (Phi) is 3.91. The summed E-state index contributed by atoms with van der Waals surface area (Å²) in [5, 5.41) is 9.51. The van der Waals surface area contributed by atoms with E-state index in [1.165, 1.54) is 6.42 Å². The number of piperidine rings is 1. The zero-order valence-electron chi connectivity index (χ0n) is 11.8. The SMILES string of the molecule is CC1CC(C)C(C)N(c2ccc([C@H](C)O)cn2)C1. The summed E-state index contributed by atoms with van der Waals surface area (Å²) in [6, 6.07) is 4.54. The van der Waals surface area contributed by atoms with Crippen molar-refractivity contribution >= 4 is 5.82 Å². The first kappa shape index (κ1) is 13.3. The van der Waals surface area contributed by atoms with E-state index in [-0.39, 0.29) is 0 Å². The molecule has 0 aliphatic carbocycles. The van der Waals surface area contributed by atoms with Crippen molar-refractivity contribution in [3.8, 4) is 0 Å². The first-order valence-electron chi connectivity index (χ1n) is 6.89. The summed E-state index contributed by atoms with van der Waals surface area (Å²) in [6.45, 7) is 9.74. The van der Waals surface area contributed by atoms with Crippen molar-refractivity contribution in [3.05, 3.63) is 23.9 Å². The quantitative estimate of drug-likeness (QED) is 0.874. The molecule has 0 saturated carbocycles. The van der Waals surface area contributed by atoms with Crippen LogP contribution in [0, 0.1) is 11.8 Å². The Labute approximate surface area is 110 Å². The van der Waals surface area contributed by atoms with Crippen LogP contribution in [0.5, 0.6) is 0 Å². The van der Waals surface area contributed by atoms with E-state index < -0.39 is 6.10 Å². The molecule has 2 heterocycles. The van der Waals surface area contributed by atoms with Gasteiger partial charge in [0, 0.05) is 18.8 Å². The molecule has 1 aromatic rings. The molecule has 1 aliphatic heterocycles. The zero-order chi connectivity index (χ0) is 13.3. The van der Waals surface area contributed by atoms with Crippen LogP contribution in [0.2, 0.25) is 0 Å². The third-order valence-electron chi connectivity index (χ3n) is 4.15. The van der Waals surface area contributed by atoms with Gasteiger partial charge in [-0.15, -0.1) is 0 Å². The lowest BCUT2D eigenvalue weighted by Crippen LogP contribution is -2.46. The van der Waals surface area contributed by atoms with Gasteiger partial charge in [-0.2, -0.15) is 0 Å². The number of anilines is 1. The van der Waals surface area contributed by atoms with Gasteiger partial charge in [0.15, 0.2) is 0 Å². The molecule has 100 valence electrons. The van der Waals surface area contributed by atoms with E-state index in [9.17, 15) is 5.11 Å². The van der Waals surface area contributed by atoms with Crippen molar-refractivity contribution in [2.24, 2.45) is 11.8 Å². The van der Waals surface area contributed by atoms with Gasteiger partial charge in [0.1, 0.15) is 5.82 Å². The third kappa shape index (κ3) is 2.66. The van der Waals surface area contributed by atoms with Gasteiger partial charge < -0.3 is 10.0 Å². The van der Waals surface area contributed by atoms with Crippen LogP contribution < -0.4 is 4.90 Å². The molecule has 1 aliphatic rings. The van der Waals surface area contributed by atoms with Crippen molar-refractivity contribution in [2.75, 3.05) is 11.4 Å². The van der Waals surface area contributed by atoms with Crippen LogP contribution in [0.3, 0.4) is 0 Å². The molecule has 4 atom stereocenters. The molecule has 0 amide bonds. The van der Waals surface area contributed by atoms with Crippen LogP contribution >= 0.6 is 0 Å². The third-order valence-corrected chi connectivity index (χ3v) is 4.15. The van der Waals surface area contributed by atoms with Crippen LogP contribution in [0.25, 0.3) is 0 Å². The molecule has 0 aromatic carbocycles. The fraction of sp³-hybridized carbons (Fsp3) is 0.667. The first-order chi connectivity index (χ1) is 8.49. The van der Waals surface area contributed by atoms with Gasteiger partial charge >= 0.3 is 0 Å². The lowest BCUT2D eigenvalue weighted by atomic mass is 9.86. The lowest BCUT2D eigenvalue weighted by Gasteiger charge is -2.42. The number of aromatic nitrogens is 1. The highest BCUT2D eigenvalue weighted by Gasteiger charge is 2.29. The fourth-order valence-corrected chi connectivity index (χ4v) is 2.83. The highest BCUT2D eigenvalue weighted by atomic mass is 16.3. The van der Waals surface area contributed by atoms with Crippen LogP contribution in [-0.2, 0) is 0 Å². The van der Waals surface area contributed by atoms with E-state index in [0.717, 1.165) is 23.8 Å². The molecule has 18 heavy (non-hydrogen) atoms. The number of rotatable bonds is 2. The highest BCUT2D eigenvalue weighted by molar-refractivity contribution is 5.41. The predicted molar refractivity (Wildman–Crippen MR) is 74.6 cm³/mol. The number of nitrogens with zero attached hydrogens (tertiary/aromatic N) is 2. The summed E-state index contributed by atoms with van der Waals surface area (Å²) < 4.78 is 0. The number of pyridine rings is 1. The number of hydrogen-bond acceptors (Lipinski definition) is 3. The lowest BCUT2D eigenvalue weighted by molar-refractivity contribution is 0.199. The maximum Gasteiger partial charge on any atom is 0.128 e. The topological polar surface area (TPSA) is 36.4 Å². The monoisotopic (exact) mass is 248 g/mol. The Morgan fingerprint density at radius 3 is 2.61 bits per heavy atom. The number of aliphatic hydroxyl groups is 1. The molecule has 1 aromatic heterocycles. The summed E-state index contributed by atoms with van der Waals surface area (Å²) >= 11 is 0. The maximum atomic E-state index is 9.51. The van der Waals surface area contributed by atoms with E-state index in [1.54, 1.807) is 13.1 Å². The predicted octanol–water partition coefficient (Wildman–Crippen LogP) is 3.01. The summed E-state index contributed by atoms with van der Waals surface area (Å²) in [7, 11) is 0. The first-order valence-corrected chi connectivity index (χ1v) is 6.89. The standard InChI is InChI=1S/C15H24N2O/c1-10-7-11(2)12(3)17(9-10)15-6-5-14(8-16-15)13(4)18/h5-6,8,10-13,18H,7,9H2,1-4H3/t10?,11?,12?,13-/m0/s1. The molecule has 1 saturated heterocycles. The normalized spacial score (nSPS) is 30.3. The molecule has 0 bridgehead atoms. The Balaban J connectivity index is 2.19. The molecule has 3 nitrogen and oxygen atoms in total. The van der Waals surface area contributed by atoms with Crippen LogP contribution in [-0.4, -0.2) is 22.7 Å². The molecule has 1 N–H and O–H groups in total. The largest absolute Gasteiger partial charge is 0.389 e. The van der Waals surface area contributed by atoms with Crippen LogP contribution in [0.15, 0.2) is 18.3 Å². The Bertz CT molecular complexity index is 388. The van der Waals surface area contributed by atoms with E-state index in [2.05, 4.69) is 30.7 Å². The van der Waals surface area contributed by atoms with Gasteiger partial charge in [0.25, 0.3) is 0 Å². The van der Waals surface area contributed by atoms with Crippen molar-refractivity contribution in [2.45, 2.75) is 46.3 Å². The van der Waals surface area contributed by atoms with Gasteiger partial charge in [-0.3, -0.25) is 0 Å². The molecule has 3 unspecified atom stereocenters. The second-order valence-corrected chi connectivity index (χ2v) is 5.84. The van der Waals surface area contributed by atoms with Crippen molar-refractivity contribution in [1.82, 2.24) is 4.98 Å². The van der Waals surface area contributed by atoms with E-state index in [4.69, 9.17) is 0 Å².